The Morgan fingerprint density at radius 3 is 2.40 bits per heavy atom. The first-order valence-electron chi connectivity index (χ1n) is 9.47. The summed E-state index contributed by atoms with van der Waals surface area (Å²) in [5.74, 6) is 1.32. The van der Waals surface area contributed by atoms with Crippen molar-refractivity contribution in [2.24, 2.45) is 11.8 Å². The highest BCUT2D eigenvalue weighted by Crippen LogP contribution is 2.33. The Labute approximate surface area is 151 Å². The van der Waals surface area contributed by atoms with E-state index in [2.05, 4.69) is 48.2 Å². The molecule has 1 aliphatic heterocycles. The third kappa shape index (κ3) is 4.82. The molecular weight excluding hydrogens is 310 g/mol. The monoisotopic (exact) mass is 339 g/mol. The molecule has 0 unspecified atom stereocenters. The topological polar surface area (TPSA) is 29.5 Å². The Bertz CT molecular complexity index is 628. The van der Waals surface area contributed by atoms with Gasteiger partial charge in [-0.15, -0.1) is 0 Å². The Hall–Kier alpha value is -1.87. The maximum atomic E-state index is 12.5. The van der Waals surface area contributed by atoms with Crippen LogP contribution in [0, 0.1) is 18.8 Å². The summed E-state index contributed by atoms with van der Waals surface area (Å²) in [5.41, 5.74) is 3.06. The number of fused-ring (bicyclic) bond motifs is 1. The standard InChI is InChI=1S/C22H29NO2/c1-3-12-25-22(24)21(13-18-10-8-17(2)9-11-18)16-23-14-19-6-4-5-7-20(19)15-23/h4-5,8-11,13,19-20H,3,6-7,12,14-16H2,1-2H3/b21-13+/t19-,20+. The molecule has 0 N–H and O–H groups in total. The van der Waals surface area contributed by atoms with Crippen LogP contribution in [-0.4, -0.2) is 37.1 Å². The van der Waals surface area contributed by atoms with Gasteiger partial charge in [0.15, 0.2) is 0 Å². The molecule has 1 aromatic carbocycles. The second-order valence-corrected chi connectivity index (χ2v) is 7.37. The van der Waals surface area contributed by atoms with Crippen molar-refractivity contribution in [3.63, 3.8) is 0 Å². The van der Waals surface area contributed by atoms with Crippen molar-refractivity contribution in [3.05, 3.63) is 53.1 Å². The van der Waals surface area contributed by atoms with E-state index in [0.29, 0.717) is 13.2 Å². The van der Waals surface area contributed by atoms with Crippen molar-refractivity contribution in [1.82, 2.24) is 4.90 Å². The molecule has 1 fully saturated rings. The minimum absolute atomic E-state index is 0.171. The number of hydrogen-bond acceptors (Lipinski definition) is 3. The molecule has 0 amide bonds. The summed E-state index contributed by atoms with van der Waals surface area (Å²) in [6, 6.07) is 8.29. The fraction of sp³-hybridized carbons (Fsp3) is 0.500. The number of hydrogen-bond donors (Lipinski definition) is 0. The van der Waals surface area contributed by atoms with Gasteiger partial charge in [-0.3, -0.25) is 4.90 Å². The van der Waals surface area contributed by atoms with E-state index in [4.69, 9.17) is 4.74 Å². The highest BCUT2D eigenvalue weighted by Gasteiger charge is 2.33. The Morgan fingerprint density at radius 1 is 1.16 bits per heavy atom. The molecule has 2 aliphatic rings. The van der Waals surface area contributed by atoms with Crippen molar-refractivity contribution in [1.29, 1.82) is 0 Å². The predicted octanol–water partition coefficient (Wildman–Crippen LogP) is 4.23. The SMILES string of the molecule is CCCOC(=O)/C(=C/c1ccc(C)cc1)CN1C[C@H]2CC=CC[C@H]2C1. The Morgan fingerprint density at radius 2 is 1.80 bits per heavy atom. The average Bonchev–Trinajstić information content (AvgIpc) is 3.03. The molecule has 3 nitrogen and oxygen atoms in total. The lowest BCUT2D eigenvalue weighted by Gasteiger charge is -2.18. The molecule has 2 atom stereocenters. The van der Waals surface area contributed by atoms with Crippen LogP contribution in [0.15, 0.2) is 42.0 Å². The highest BCUT2D eigenvalue weighted by atomic mass is 16.5. The maximum absolute atomic E-state index is 12.5. The zero-order valence-electron chi connectivity index (χ0n) is 15.4. The number of rotatable bonds is 6. The molecule has 1 aliphatic carbocycles. The van der Waals surface area contributed by atoms with Crippen LogP contribution in [0.2, 0.25) is 0 Å². The smallest absolute Gasteiger partial charge is 0.335 e. The largest absolute Gasteiger partial charge is 0.462 e. The number of allylic oxidation sites excluding steroid dienone is 2. The summed E-state index contributed by atoms with van der Waals surface area (Å²) in [6.07, 6.45) is 9.82. The summed E-state index contributed by atoms with van der Waals surface area (Å²) in [7, 11) is 0. The quantitative estimate of drug-likeness (QED) is 0.441. The van der Waals surface area contributed by atoms with Gasteiger partial charge in [0.05, 0.1) is 12.2 Å². The molecule has 0 spiro atoms. The normalized spacial score (nSPS) is 23.5. The lowest BCUT2D eigenvalue weighted by atomic mass is 9.86. The number of ether oxygens (including phenoxy) is 1. The number of likely N-dealkylation sites (tertiary alicyclic amines) is 1. The van der Waals surface area contributed by atoms with E-state index in [-0.39, 0.29) is 5.97 Å². The maximum Gasteiger partial charge on any atom is 0.335 e. The molecular formula is C22H29NO2. The minimum Gasteiger partial charge on any atom is -0.462 e. The summed E-state index contributed by atoms with van der Waals surface area (Å²) >= 11 is 0. The van der Waals surface area contributed by atoms with Crippen molar-refractivity contribution < 1.29 is 9.53 Å². The van der Waals surface area contributed by atoms with E-state index in [0.717, 1.165) is 42.5 Å². The van der Waals surface area contributed by atoms with Gasteiger partial charge in [-0.2, -0.15) is 0 Å². The van der Waals surface area contributed by atoms with Crippen molar-refractivity contribution in [3.8, 4) is 0 Å². The number of aryl methyl sites for hydroxylation is 1. The van der Waals surface area contributed by atoms with Gasteiger partial charge in [-0.1, -0.05) is 48.9 Å². The predicted molar refractivity (Wildman–Crippen MR) is 102 cm³/mol. The second kappa shape index (κ2) is 8.48. The fourth-order valence-corrected chi connectivity index (χ4v) is 3.80. The first-order chi connectivity index (χ1) is 12.2. The molecule has 0 bridgehead atoms. The van der Waals surface area contributed by atoms with Gasteiger partial charge in [0.1, 0.15) is 0 Å². The number of esters is 1. The molecule has 1 saturated heterocycles. The second-order valence-electron chi connectivity index (χ2n) is 7.37. The van der Waals surface area contributed by atoms with Crippen molar-refractivity contribution >= 4 is 12.0 Å². The molecule has 3 rings (SSSR count). The first kappa shape index (κ1) is 17.9. The van der Waals surface area contributed by atoms with Crippen molar-refractivity contribution in [2.75, 3.05) is 26.2 Å². The van der Waals surface area contributed by atoms with E-state index in [1.807, 2.05) is 13.0 Å². The van der Waals surface area contributed by atoms with Gasteiger partial charge in [-0.05, 0) is 49.7 Å². The van der Waals surface area contributed by atoms with Gasteiger partial charge in [0.25, 0.3) is 0 Å². The first-order valence-corrected chi connectivity index (χ1v) is 9.47. The van der Waals surface area contributed by atoms with Gasteiger partial charge >= 0.3 is 5.97 Å². The van der Waals surface area contributed by atoms with E-state index in [9.17, 15) is 4.79 Å². The van der Waals surface area contributed by atoms with Crippen molar-refractivity contribution in [2.45, 2.75) is 33.1 Å². The minimum atomic E-state index is -0.171. The van der Waals surface area contributed by atoms with Crippen LogP contribution in [-0.2, 0) is 9.53 Å². The zero-order chi connectivity index (χ0) is 17.6. The number of carbonyl (C=O) groups is 1. The van der Waals surface area contributed by atoms with Crippen LogP contribution in [0.3, 0.4) is 0 Å². The van der Waals surface area contributed by atoms with Crippen LogP contribution in [0.5, 0.6) is 0 Å². The molecule has 0 aromatic heterocycles. The molecule has 25 heavy (non-hydrogen) atoms. The number of benzene rings is 1. The Balaban J connectivity index is 1.72. The van der Waals surface area contributed by atoms with Gasteiger partial charge in [0.2, 0.25) is 0 Å². The third-order valence-electron chi connectivity index (χ3n) is 5.21. The van der Waals surface area contributed by atoms with E-state index in [1.165, 1.54) is 18.4 Å². The van der Waals surface area contributed by atoms with Gasteiger partial charge < -0.3 is 4.74 Å². The summed E-state index contributed by atoms with van der Waals surface area (Å²) in [6.45, 7) is 7.43. The molecule has 0 radical (unpaired) electrons. The van der Waals surface area contributed by atoms with E-state index >= 15 is 0 Å². The molecule has 3 heteroatoms. The van der Waals surface area contributed by atoms with Crippen LogP contribution < -0.4 is 0 Å². The fourth-order valence-electron chi connectivity index (χ4n) is 3.80. The van der Waals surface area contributed by atoms with E-state index in [1.54, 1.807) is 0 Å². The zero-order valence-corrected chi connectivity index (χ0v) is 15.4. The highest BCUT2D eigenvalue weighted by molar-refractivity contribution is 5.94. The van der Waals surface area contributed by atoms with Crippen LogP contribution in [0.1, 0.15) is 37.3 Å². The van der Waals surface area contributed by atoms with Crippen LogP contribution >= 0.6 is 0 Å². The van der Waals surface area contributed by atoms with Crippen LogP contribution in [0.4, 0.5) is 0 Å². The lowest BCUT2D eigenvalue weighted by Crippen LogP contribution is -2.27. The molecule has 1 aromatic rings. The summed E-state index contributed by atoms with van der Waals surface area (Å²) in [5, 5.41) is 0. The van der Waals surface area contributed by atoms with Crippen LogP contribution in [0.25, 0.3) is 6.08 Å². The number of nitrogens with zero attached hydrogens (tertiary/aromatic N) is 1. The lowest BCUT2D eigenvalue weighted by molar-refractivity contribution is -0.139. The average molecular weight is 339 g/mol. The molecule has 0 saturated carbocycles. The number of carbonyl (C=O) groups excluding carboxylic acids is 1. The third-order valence-corrected chi connectivity index (χ3v) is 5.21. The molecule has 134 valence electrons. The summed E-state index contributed by atoms with van der Waals surface area (Å²) in [4.78, 5) is 15.0. The summed E-state index contributed by atoms with van der Waals surface area (Å²) < 4.78 is 5.43. The Kier molecular flexibility index (Phi) is 6.09. The van der Waals surface area contributed by atoms with Gasteiger partial charge in [0, 0.05) is 19.6 Å². The molecule has 1 heterocycles. The van der Waals surface area contributed by atoms with Gasteiger partial charge in [-0.25, -0.2) is 4.79 Å². The van der Waals surface area contributed by atoms with E-state index < -0.39 is 0 Å².